The number of fused-ring (bicyclic) bond motifs is 1. The van der Waals surface area contributed by atoms with Gasteiger partial charge in [-0.2, -0.15) is 0 Å². The molecular weight excluding hydrogens is 310 g/mol. The molecule has 0 bridgehead atoms. The molecular formula is C22H37NO2. The van der Waals surface area contributed by atoms with E-state index in [4.69, 9.17) is 4.74 Å². The monoisotopic (exact) mass is 347 g/mol. The minimum atomic E-state index is -0.148. The number of hydrogen-bond donors (Lipinski definition) is 0. The maximum Gasteiger partial charge on any atom is 0.302 e. The molecule has 2 fully saturated rings. The normalized spacial score (nSPS) is 30.7. The lowest BCUT2D eigenvalue weighted by molar-refractivity contribution is -0.155. The number of ether oxygens (including phenoxy) is 1. The van der Waals surface area contributed by atoms with Gasteiger partial charge in [0.25, 0.3) is 0 Å². The minimum absolute atomic E-state index is 0.0526. The number of unbranched alkanes of at least 4 members (excludes halogenated alkanes) is 4. The van der Waals surface area contributed by atoms with Gasteiger partial charge in [0.15, 0.2) is 0 Å². The minimum Gasteiger partial charge on any atom is -0.461 e. The van der Waals surface area contributed by atoms with Crippen molar-refractivity contribution in [3.05, 3.63) is 24.3 Å². The summed E-state index contributed by atoms with van der Waals surface area (Å²) in [5, 5.41) is 0. The van der Waals surface area contributed by atoms with E-state index in [0.717, 1.165) is 12.8 Å². The average Bonchev–Trinajstić information content (AvgIpc) is 2.59. The number of carbonyl (C=O) groups excluding carboxylic acids is 1. The number of nitrogens with zero attached hydrogens (tertiary/aromatic N) is 1. The summed E-state index contributed by atoms with van der Waals surface area (Å²) < 4.78 is 5.57. The van der Waals surface area contributed by atoms with E-state index >= 15 is 0 Å². The molecule has 4 atom stereocenters. The Hall–Kier alpha value is -1.09. The molecule has 0 aromatic heterocycles. The first-order chi connectivity index (χ1) is 12.1. The highest BCUT2D eigenvalue weighted by atomic mass is 16.5. The van der Waals surface area contributed by atoms with Crippen LogP contribution < -0.4 is 0 Å². The van der Waals surface area contributed by atoms with Gasteiger partial charge in [0, 0.05) is 25.0 Å². The molecule has 0 aromatic carbocycles. The molecule has 0 saturated carbocycles. The average molecular weight is 348 g/mol. The van der Waals surface area contributed by atoms with Crippen molar-refractivity contribution in [3.63, 3.8) is 0 Å². The van der Waals surface area contributed by atoms with Crippen LogP contribution in [0.3, 0.4) is 0 Å². The van der Waals surface area contributed by atoms with E-state index in [2.05, 4.69) is 43.1 Å². The van der Waals surface area contributed by atoms with Crippen LogP contribution in [0.25, 0.3) is 0 Å². The fourth-order valence-corrected chi connectivity index (χ4v) is 4.47. The summed E-state index contributed by atoms with van der Waals surface area (Å²) in [6, 6.07) is 1.45. The second-order valence-electron chi connectivity index (χ2n) is 7.73. The molecule has 0 aromatic rings. The number of hydrogen-bond acceptors (Lipinski definition) is 3. The van der Waals surface area contributed by atoms with Crippen LogP contribution in [0.15, 0.2) is 24.3 Å². The molecule has 0 spiro atoms. The summed E-state index contributed by atoms with van der Waals surface area (Å²) in [6.45, 7) is 6.01. The zero-order valence-corrected chi connectivity index (χ0v) is 16.5. The summed E-state index contributed by atoms with van der Waals surface area (Å²) in [5.74, 6) is -0.148. The maximum atomic E-state index is 11.4. The SMILES string of the molecule is CCCCCC/C=C/C=C/[C@H]1CCC[C@@H]2CC[C@H](OC(C)=O)[C@@H](C)N21. The van der Waals surface area contributed by atoms with Crippen molar-refractivity contribution in [3.8, 4) is 0 Å². The van der Waals surface area contributed by atoms with E-state index in [0.29, 0.717) is 18.1 Å². The van der Waals surface area contributed by atoms with E-state index in [1.807, 2.05) is 0 Å². The number of carbonyl (C=O) groups is 1. The molecule has 0 amide bonds. The Morgan fingerprint density at radius 1 is 1.12 bits per heavy atom. The summed E-state index contributed by atoms with van der Waals surface area (Å²) in [4.78, 5) is 14.0. The van der Waals surface area contributed by atoms with Crippen LogP contribution >= 0.6 is 0 Å². The number of allylic oxidation sites excluding steroid dienone is 3. The molecule has 2 rings (SSSR count). The highest BCUT2D eigenvalue weighted by Gasteiger charge is 2.40. The first-order valence-electron chi connectivity index (χ1n) is 10.4. The van der Waals surface area contributed by atoms with E-state index in [-0.39, 0.29) is 12.1 Å². The third-order valence-electron chi connectivity index (χ3n) is 5.76. The number of piperidine rings is 2. The Bertz CT molecular complexity index is 457. The first-order valence-corrected chi connectivity index (χ1v) is 10.4. The van der Waals surface area contributed by atoms with Gasteiger partial charge in [-0.15, -0.1) is 0 Å². The van der Waals surface area contributed by atoms with Crippen molar-refractivity contribution in [1.82, 2.24) is 4.90 Å². The quantitative estimate of drug-likeness (QED) is 0.334. The highest BCUT2D eigenvalue weighted by molar-refractivity contribution is 5.66. The topological polar surface area (TPSA) is 29.5 Å². The standard InChI is InChI=1S/C22H37NO2/c1-4-5-6-7-8-9-10-11-13-20-14-12-15-21-16-17-22(25-19(3)24)18(2)23(20)21/h9-11,13,18,20-22H,4-8,12,14-17H2,1-3H3/b10-9+,13-11+/t18-,20+,21-,22+/m1/s1. The Morgan fingerprint density at radius 2 is 1.96 bits per heavy atom. The van der Waals surface area contributed by atoms with Crippen molar-refractivity contribution in [2.24, 2.45) is 0 Å². The van der Waals surface area contributed by atoms with Gasteiger partial charge in [-0.1, -0.05) is 56.9 Å². The summed E-state index contributed by atoms with van der Waals surface area (Å²) >= 11 is 0. The van der Waals surface area contributed by atoms with Gasteiger partial charge < -0.3 is 4.74 Å². The van der Waals surface area contributed by atoms with Crippen molar-refractivity contribution < 1.29 is 9.53 Å². The first kappa shape index (κ1) is 20.2. The van der Waals surface area contributed by atoms with Crippen LogP contribution in [-0.4, -0.2) is 35.1 Å². The summed E-state index contributed by atoms with van der Waals surface area (Å²) in [5.41, 5.74) is 0. The Kier molecular flexibility index (Phi) is 8.74. The molecule has 0 N–H and O–H groups in total. The lowest BCUT2D eigenvalue weighted by Gasteiger charge is -2.50. The van der Waals surface area contributed by atoms with Gasteiger partial charge in [0.1, 0.15) is 6.10 Å². The smallest absolute Gasteiger partial charge is 0.302 e. The fraction of sp³-hybridized carbons (Fsp3) is 0.773. The van der Waals surface area contributed by atoms with E-state index in [1.54, 1.807) is 0 Å². The van der Waals surface area contributed by atoms with Crippen molar-refractivity contribution in [2.75, 3.05) is 0 Å². The molecule has 0 aliphatic carbocycles. The van der Waals surface area contributed by atoms with Crippen LogP contribution in [-0.2, 0) is 9.53 Å². The van der Waals surface area contributed by atoms with Gasteiger partial charge in [0.2, 0.25) is 0 Å². The van der Waals surface area contributed by atoms with Gasteiger partial charge in [0.05, 0.1) is 0 Å². The lowest BCUT2D eigenvalue weighted by Crippen LogP contribution is -2.58. The Labute approximate surface area is 154 Å². The predicted octanol–water partition coefficient (Wildman–Crippen LogP) is 5.41. The predicted molar refractivity (Wildman–Crippen MR) is 105 cm³/mol. The molecule has 2 heterocycles. The van der Waals surface area contributed by atoms with Gasteiger partial charge >= 0.3 is 5.97 Å². The van der Waals surface area contributed by atoms with E-state index in [9.17, 15) is 4.79 Å². The molecule has 2 aliphatic rings. The van der Waals surface area contributed by atoms with Crippen LogP contribution in [0.5, 0.6) is 0 Å². The van der Waals surface area contributed by atoms with E-state index < -0.39 is 0 Å². The zero-order chi connectivity index (χ0) is 18.1. The molecule has 2 aliphatic heterocycles. The van der Waals surface area contributed by atoms with E-state index in [1.165, 1.54) is 58.3 Å². The van der Waals surface area contributed by atoms with Gasteiger partial charge in [-0.05, 0) is 45.4 Å². The summed E-state index contributed by atoms with van der Waals surface area (Å²) in [7, 11) is 0. The van der Waals surface area contributed by atoms with Crippen LogP contribution in [0, 0.1) is 0 Å². The van der Waals surface area contributed by atoms with Crippen LogP contribution in [0.4, 0.5) is 0 Å². The third kappa shape index (κ3) is 6.29. The van der Waals surface area contributed by atoms with Gasteiger partial charge in [-0.25, -0.2) is 0 Å². The Balaban J connectivity index is 1.87. The summed E-state index contributed by atoms with van der Waals surface area (Å²) in [6.07, 6.45) is 21.6. The second kappa shape index (κ2) is 10.8. The van der Waals surface area contributed by atoms with Crippen LogP contribution in [0.2, 0.25) is 0 Å². The number of rotatable bonds is 8. The fourth-order valence-electron chi connectivity index (χ4n) is 4.47. The molecule has 3 nitrogen and oxygen atoms in total. The number of esters is 1. The largest absolute Gasteiger partial charge is 0.461 e. The molecule has 0 radical (unpaired) electrons. The Morgan fingerprint density at radius 3 is 2.72 bits per heavy atom. The van der Waals surface area contributed by atoms with Crippen LogP contribution in [0.1, 0.15) is 85.0 Å². The molecule has 142 valence electrons. The zero-order valence-electron chi connectivity index (χ0n) is 16.5. The molecule has 25 heavy (non-hydrogen) atoms. The second-order valence-corrected chi connectivity index (χ2v) is 7.73. The van der Waals surface area contributed by atoms with Gasteiger partial charge in [-0.3, -0.25) is 9.69 Å². The van der Waals surface area contributed by atoms with Crippen molar-refractivity contribution in [2.45, 2.75) is 109 Å². The maximum absolute atomic E-state index is 11.4. The van der Waals surface area contributed by atoms with Crippen molar-refractivity contribution >= 4 is 5.97 Å². The molecule has 3 heteroatoms. The highest BCUT2D eigenvalue weighted by Crippen LogP contribution is 2.35. The third-order valence-corrected chi connectivity index (χ3v) is 5.76. The molecule has 0 unspecified atom stereocenters. The molecule has 2 saturated heterocycles. The van der Waals surface area contributed by atoms with Crippen molar-refractivity contribution in [1.29, 1.82) is 0 Å². The lowest BCUT2D eigenvalue weighted by atomic mass is 9.84.